The van der Waals surface area contributed by atoms with Crippen molar-refractivity contribution < 1.29 is 28.7 Å². The summed E-state index contributed by atoms with van der Waals surface area (Å²) in [6.07, 6.45) is 0.879. The number of alkyl carbamates (subject to hydrolysis) is 1. The molecule has 0 spiro atoms. The van der Waals surface area contributed by atoms with Gasteiger partial charge in [-0.25, -0.2) is 9.59 Å². The van der Waals surface area contributed by atoms with Crippen LogP contribution in [0.2, 0.25) is 0 Å². The van der Waals surface area contributed by atoms with Crippen molar-refractivity contribution in [3.8, 4) is 0 Å². The van der Waals surface area contributed by atoms with Crippen LogP contribution in [-0.4, -0.2) is 55.7 Å². The quantitative estimate of drug-likeness (QED) is 0.568. The summed E-state index contributed by atoms with van der Waals surface area (Å²) in [6, 6.07) is -0.952. The number of carbonyl (C=O) groups is 4. The normalized spacial score (nSPS) is 17.2. The summed E-state index contributed by atoms with van der Waals surface area (Å²) in [6.45, 7) is 11.9. The van der Waals surface area contributed by atoms with Gasteiger partial charge in [-0.15, -0.1) is 0 Å². The van der Waals surface area contributed by atoms with Crippen LogP contribution in [0.4, 0.5) is 4.79 Å². The van der Waals surface area contributed by atoms with Crippen molar-refractivity contribution in [3.63, 3.8) is 0 Å². The summed E-state index contributed by atoms with van der Waals surface area (Å²) < 4.78 is 9.71. The summed E-state index contributed by atoms with van der Waals surface area (Å²) in [5.41, 5.74) is -0.677. The minimum atomic E-state index is -0.952. The standard InChI is InChI=1S/C16H27N3O6.C4H10/c1-16(2,3)25-15(23)18-9-12(20)19-11(14(22)24-4)8-10-6-5-7-17-13(10)21;1-4(2)3/h10-11H,5-9H2,1-4H3,(H,17,21)(H,18,23)(H,19,20);4H,1-3H3/t10-,11-;/m0./s1. The second-order valence-corrected chi connectivity index (χ2v) is 8.60. The average molecular weight is 416 g/mol. The van der Waals surface area contributed by atoms with E-state index in [4.69, 9.17) is 4.74 Å². The van der Waals surface area contributed by atoms with Crippen LogP contribution in [0.1, 0.15) is 60.8 Å². The lowest BCUT2D eigenvalue weighted by atomic mass is 9.91. The van der Waals surface area contributed by atoms with Crippen LogP contribution in [-0.2, 0) is 23.9 Å². The Morgan fingerprint density at radius 1 is 1.21 bits per heavy atom. The van der Waals surface area contributed by atoms with E-state index in [1.807, 2.05) is 0 Å². The number of hydrogen-bond acceptors (Lipinski definition) is 6. The van der Waals surface area contributed by atoms with Crippen LogP contribution < -0.4 is 16.0 Å². The number of carbonyl (C=O) groups excluding carboxylic acids is 4. The molecule has 2 atom stereocenters. The molecule has 0 aliphatic carbocycles. The fourth-order valence-electron chi connectivity index (χ4n) is 2.41. The van der Waals surface area contributed by atoms with Gasteiger partial charge in [0.15, 0.2) is 0 Å². The van der Waals surface area contributed by atoms with E-state index in [0.29, 0.717) is 13.0 Å². The minimum Gasteiger partial charge on any atom is -0.467 e. The largest absolute Gasteiger partial charge is 0.467 e. The van der Waals surface area contributed by atoms with Crippen molar-refractivity contribution in [2.75, 3.05) is 20.2 Å². The topological polar surface area (TPSA) is 123 Å². The molecule has 29 heavy (non-hydrogen) atoms. The number of hydrogen-bond donors (Lipinski definition) is 3. The van der Waals surface area contributed by atoms with Gasteiger partial charge in [-0.2, -0.15) is 0 Å². The predicted molar refractivity (Wildman–Crippen MR) is 109 cm³/mol. The summed E-state index contributed by atoms with van der Waals surface area (Å²) in [5.74, 6) is -0.875. The second kappa shape index (κ2) is 13.0. The first-order valence-electron chi connectivity index (χ1n) is 9.97. The molecule has 9 heteroatoms. The molecule has 0 aromatic rings. The zero-order chi connectivity index (χ0) is 22.6. The molecule has 1 aliphatic heterocycles. The molecule has 1 rings (SSSR count). The molecule has 0 aromatic heterocycles. The van der Waals surface area contributed by atoms with E-state index in [1.165, 1.54) is 7.11 Å². The van der Waals surface area contributed by atoms with E-state index in [1.54, 1.807) is 20.8 Å². The van der Waals surface area contributed by atoms with Crippen molar-refractivity contribution in [3.05, 3.63) is 0 Å². The molecule has 0 aromatic carbocycles. The molecule has 168 valence electrons. The van der Waals surface area contributed by atoms with Gasteiger partial charge in [0.1, 0.15) is 18.2 Å². The molecule has 3 amide bonds. The predicted octanol–water partition coefficient (Wildman–Crippen LogP) is 1.75. The summed E-state index contributed by atoms with van der Waals surface area (Å²) >= 11 is 0. The average Bonchev–Trinajstić information content (AvgIpc) is 2.58. The van der Waals surface area contributed by atoms with Gasteiger partial charge in [0.05, 0.1) is 7.11 Å². The van der Waals surface area contributed by atoms with Gasteiger partial charge < -0.3 is 25.4 Å². The smallest absolute Gasteiger partial charge is 0.408 e. The first kappa shape index (κ1) is 26.7. The third kappa shape index (κ3) is 13.5. The molecule has 1 saturated heterocycles. The highest BCUT2D eigenvalue weighted by molar-refractivity contribution is 5.88. The van der Waals surface area contributed by atoms with Gasteiger partial charge in [0, 0.05) is 12.5 Å². The monoisotopic (exact) mass is 415 g/mol. The lowest BCUT2D eigenvalue weighted by Crippen LogP contribution is -2.49. The summed E-state index contributed by atoms with van der Waals surface area (Å²) in [7, 11) is 1.21. The highest BCUT2D eigenvalue weighted by Gasteiger charge is 2.30. The lowest BCUT2D eigenvalue weighted by Gasteiger charge is -2.25. The van der Waals surface area contributed by atoms with Crippen LogP contribution >= 0.6 is 0 Å². The molecule has 1 fully saturated rings. The van der Waals surface area contributed by atoms with Crippen molar-refractivity contribution >= 4 is 23.9 Å². The number of amides is 3. The van der Waals surface area contributed by atoms with Crippen LogP contribution in [0.5, 0.6) is 0 Å². The molecule has 0 bridgehead atoms. The number of nitrogens with one attached hydrogen (secondary N) is 3. The van der Waals surface area contributed by atoms with Crippen molar-refractivity contribution in [2.45, 2.75) is 72.4 Å². The van der Waals surface area contributed by atoms with Crippen LogP contribution in [0.3, 0.4) is 0 Å². The Kier molecular flexibility index (Phi) is 12.0. The zero-order valence-corrected chi connectivity index (χ0v) is 18.7. The minimum absolute atomic E-state index is 0.138. The van der Waals surface area contributed by atoms with Crippen molar-refractivity contribution in [1.29, 1.82) is 0 Å². The molecule has 3 N–H and O–H groups in total. The fourth-order valence-corrected chi connectivity index (χ4v) is 2.41. The summed E-state index contributed by atoms with van der Waals surface area (Å²) in [5, 5.41) is 7.53. The molecule has 0 unspecified atom stereocenters. The van der Waals surface area contributed by atoms with Crippen molar-refractivity contribution in [1.82, 2.24) is 16.0 Å². The third-order valence-electron chi connectivity index (χ3n) is 3.53. The number of piperidine rings is 1. The SMILES string of the molecule is CC(C)C.COC(=O)[C@H](C[C@@H]1CCCNC1=O)NC(=O)CNC(=O)OC(C)(C)C. The Hall–Kier alpha value is -2.32. The van der Waals surface area contributed by atoms with Gasteiger partial charge >= 0.3 is 12.1 Å². The maximum atomic E-state index is 12.0. The molecule has 0 radical (unpaired) electrons. The van der Waals surface area contributed by atoms with E-state index in [9.17, 15) is 19.2 Å². The molecule has 9 nitrogen and oxygen atoms in total. The number of methoxy groups -OCH3 is 1. The van der Waals surface area contributed by atoms with E-state index in [0.717, 1.165) is 12.3 Å². The van der Waals surface area contributed by atoms with Gasteiger partial charge in [-0.05, 0) is 46.0 Å². The summed E-state index contributed by atoms with van der Waals surface area (Å²) in [4.78, 5) is 47.2. The molecular formula is C20H37N3O6. The third-order valence-corrected chi connectivity index (χ3v) is 3.53. The highest BCUT2D eigenvalue weighted by Crippen LogP contribution is 2.18. The number of ether oxygens (including phenoxy) is 2. The Balaban J connectivity index is 0.00000178. The Bertz CT molecular complexity index is 554. The maximum Gasteiger partial charge on any atom is 0.408 e. The van der Waals surface area contributed by atoms with Crippen LogP contribution in [0, 0.1) is 11.8 Å². The number of rotatable bonds is 6. The highest BCUT2D eigenvalue weighted by atomic mass is 16.6. The first-order valence-corrected chi connectivity index (χ1v) is 9.97. The molecular weight excluding hydrogens is 378 g/mol. The fraction of sp³-hybridized carbons (Fsp3) is 0.800. The Morgan fingerprint density at radius 2 is 1.79 bits per heavy atom. The van der Waals surface area contributed by atoms with E-state index in [2.05, 4.69) is 41.5 Å². The Labute approximate surface area is 173 Å². The zero-order valence-electron chi connectivity index (χ0n) is 18.7. The van der Waals surface area contributed by atoms with E-state index < -0.39 is 29.6 Å². The maximum absolute atomic E-state index is 12.0. The van der Waals surface area contributed by atoms with Crippen LogP contribution in [0.25, 0.3) is 0 Å². The van der Waals surface area contributed by atoms with Crippen LogP contribution in [0.15, 0.2) is 0 Å². The van der Waals surface area contributed by atoms with E-state index in [-0.39, 0.29) is 24.8 Å². The molecule has 1 heterocycles. The molecule has 0 saturated carbocycles. The first-order chi connectivity index (χ1) is 13.4. The van der Waals surface area contributed by atoms with Gasteiger partial charge in [0.25, 0.3) is 0 Å². The van der Waals surface area contributed by atoms with Crippen molar-refractivity contribution in [2.24, 2.45) is 11.8 Å². The van der Waals surface area contributed by atoms with E-state index >= 15 is 0 Å². The Morgan fingerprint density at radius 3 is 2.28 bits per heavy atom. The van der Waals surface area contributed by atoms with Gasteiger partial charge in [0.2, 0.25) is 11.8 Å². The lowest BCUT2D eigenvalue weighted by molar-refractivity contribution is -0.146. The second-order valence-electron chi connectivity index (χ2n) is 8.60. The van der Waals surface area contributed by atoms with Gasteiger partial charge in [-0.1, -0.05) is 20.8 Å². The number of esters is 1. The van der Waals surface area contributed by atoms with Gasteiger partial charge in [-0.3, -0.25) is 9.59 Å². The molecule has 1 aliphatic rings.